The predicted molar refractivity (Wildman–Crippen MR) is 116 cm³/mol. The van der Waals surface area contributed by atoms with E-state index in [0.29, 0.717) is 20.2 Å². The van der Waals surface area contributed by atoms with E-state index in [9.17, 15) is 14.4 Å². The van der Waals surface area contributed by atoms with Crippen molar-refractivity contribution < 1.29 is 23.5 Å². The topological polar surface area (TPSA) is 88.9 Å². The van der Waals surface area contributed by atoms with Gasteiger partial charge < -0.3 is 9.15 Å². The number of halogens is 2. The van der Waals surface area contributed by atoms with Crippen molar-refractivity contribution in [2.45, 2.75) is 0 Å². The molecule has 0 unspecified atom stereocenters. The zero-order valence-electron chi connectivity index (χ0n) is 15.1. The summed E-state index contributed by atoms with van der Waals surface area (Å²) in [5.41, 5.74) is 3.31. The molecule has 0 radical (unpaired) electrons. The van der Waals surface area contributed by atoms with Crippen LogP contribution in [0.4, 0.5) is 5.69 Å². The first-order chi connectivity index (χ1) is 14.4. The van der Waals surface area contributed by atoms with Crippen LogP contribution in [-0.2, 0) is 9.59 Å². The zero-order chi connectivity index (χ0) is 21.3. The van der Waals surface area contributed by atoms with Gasteiger partial charge in [-0.05, 0) is 58.4 Å². The monoisotopic (exact) mass is 530 g/mol. The lowest BCUT2D eigenvalue weighted by atomic mass is 10.1. The molecule has 0 saturated carbocycles. The summed E-state index contributed by atoms with van der Waals surface area (Å²) >= 11 is 6.72. The number of furan rings is 1. The highest BCUT2D eigenvalue weighted by Crippen LogP contribution is 2.35. The molecular formula is C21H12Br2N2O5. The van der Waals surface area contributed by atoms with Gasteiger partial charge in [-0.15, -0.1) is 0 Å². The largest absolute Gasteiger partial charge is 0.457 e. The van der Waals surface area contributed by atoms with E-state index in [4.69, 9.17) is 9.15 Å². The molecule has 3 aromatic rings. The van der Waals surface area contributed by atoms with Crippen molar-refractivity contribution in [3.8, 4) is 5.75 Å². The quantitative estimate of drug-likeness (QED) is 0.232. The Morgan fingerprint density at radius 2 is 1.83 bits per heavy atom. The first-order valence-corrected chi connectivity index (χ1v) is 10.2. The molecule has 150 valence electrons. The van der Waals surface area contributed by atoms with Crippen LogP contribution in [0.2, 0.25) is 0 Å². The average molecular weight is 532 g/mol. The minimum atomic E-state index is -0.712. The highest BCUT2D eigenvalue weighted by Gasteiger charge is 2.34. The molecule has 30 heavy (non-hydrogen) atoms. The van der Waals surface area contributed by atoms with Gasteiger partial charge in [-0.1, -0.05) is 34.1 Å². The van der Waals surface area contributed by atoms with Gasteiger partial charge >= 0.3 is 5.97 Å². The van der Waals surface area contributed by atoms with Crippen molar-refractivity contribution in [3.63, 3.8) is 0 Å². The van der Waals surface area contributed by atoms with Crippen molar-refractivity contribution in [2.24, 2.45) is 0 Å². The Bertz CT molecular complexity index is 1170. The fourth-order valence-corrected chi connectivity index (χ4v) is 4.14. The molecule has 2 heterocycles. The lowest BCUT2D eigenvalue weighted by Crippen LogP contribution is -2.35. The summed E-state index contributed by atoms with van der Waals surface area (Å²) in [6, 6.07) is 15.1. The van der Waals surface area contributed by atoms with E-state index in [2.05, 4.69) is 37.3 Å². The zero-order valence-corrected chi connectivity index (χ0v) is 18.3. The number of hydrogen-bond acceptors (Lipinski definition) is 5. The Hall–Kier alpha value is -3.17. The summed E-state index contributed by atoms with van der Waals surface area (Å²) in [6.07, 6.45) is 2.73. The number of carbonyl (C=O) groups is 3. The minimum Gasteiger partial charge on any atom is -0.457 e. The third kappa shape index (κ3) is 3.94. The first kappa shape index (κ1) is 20.1. The van der Waals surface area contributed by atoms with Crippen LogP contribution < -0.4 is 15.2 Å². The van der Waals surface area contributed by atoms with Gasteiger partial charge in [0.05, 0.1) is 16.4 Å². The van der Waals surface area contributed by atoms with Crippen LogP contribution in [0.1, 0.15) is 16.1 Å². The number of ether oxygens (including phenoxy) is 1. The summed E-state index contributed by atoms with van der Waals surface area (Å²) in [5, 5.41) is 1.16. The predicted octanol–water partition coefficient (Wildman–Crippen LogP) is 4.49. The van der Waals surface area contributed by atoms with Crippen molar-refractivity contribution in [3.05, 3.63) is 86.7 Å². The SMILES string of the molecule is O=C1NN(c2ccccc2)C(=O)/C1=C/c1cc(Br)cc(Br)c1OC(=O)c1ccco1. The number of hydrogen-bond donors (Lipinski definition) is 1. The van der Waals surface area contributed by atoms with E-state index in [0.717, 1.165) is 5.01 Å². The van der Waals surface area contributed by atoms with Gasteiger partial charge in [0, 0.05) is 10.0 Å². The maximum atomic E-state index is 12.8. The fourth-order valence-electron chi connectivity index (χ4n) is 2.80. The number of hydrazine groups is 1. The molecule has 0 aliphatic carbocycles. The highest BCUT2D eigenvalue weighted by atomic mass is 79.9. The van der Waals surface area contributed by atoms with Gasteiger partial charge in [0.15, 0.2) is 5.75 Å². The Kier molecular flexibility index (Phi) is 5.56. The third-order valence-corrected chi connectivity index (χ3v) is 5.21. The number of rotatable bonds is 4. The maximum absolute atomic E-state index is 12.8. The van der Waals surface area contributed by atoms with Gasteiger partial charge in [0.25, 0.3) is 11.8 Å². The Morgan fingerprint density at radius 1 is 1.07 bits per heavy atom. The summed E-state index contributed by atoms with van der Waals surface area (Å²) < 4.78 is 11.6. The summed E-state index contributed by atoms with van der Waals surface area (Å²) in [5.74, 6) is -1.64. The van der Waals surface area contributed by atoms with Crippen LogP contribution in [-0.4, -0.2) is 17.8 Å². The number of carbonyl (C=O) groups excluding carboxylic acids is 3. The van der Waals surface area contributed by atoms with Crippen molar-refractivity contribution in [1.82, 2.24) is 5.43 Å². The van der Waals surface area contributed by atoms with Crippen LogP contribution in [0.3, 0.4) is 0 Å². The number of nitrogens with zero attached hydrogens (tertiary/aromatic N) is 1. The molecule has 7 nitrogen and oxygen atoms in total. The van der Waals surface area contributed by atoms with Crippen LogP contribution in [0.5, 0.6) is 5.75 Å². The molecule has 0 atom stereocenters. The second-order valence-corrected chi connectivity index (χ2v) is 7.92. The molecule has 1 aromatic heterocycles. The molecule has 4 rings (SSSR count). The molecule has 2 aromatic carbocycles. The fraction of sp³-hybridized carbons (Fsp3) is 0. The van der Waals surface area contributed by atoms with Crippen molar-refractivity contribution >= 4 is 61.4 Å². The molecule has 0 spiro atoms. The van der Waals surface area contributed by atoms with E-state index in [1.54, 1.807) is 48.5 Å². The van der Waals surface area contributed by atoms with Gasteiger partial charge in [-0.2, -0.15) is 0 Å². The summed E-state index contributed by atoms with van der Waals surface area (Å²) in [4.78, 5) is 37.7. The van der Waals surface area contributed by atoms with Crippen LogP contribution >= 0.6 is 31.9 Å². The average Bonchev–Trinajstić information content (AvgIpc) is 3.35. The lowest BCUT2D eigenvalue weighted by Gasteiger charge is -2.14. The molecule has 2 amide bonds. The summed E-state index contributed by atoms with van der Waals surface area (Å²) in [7, 11) is 0. The first-order valence-electron chi connectivity index (χ1n) is 8.61. The standard InChI is InChI=1S/C21H12Br2N2O5/c22-13-9-12(18(16(23)11-13)30-21(28)17-7-4-8-29-17)10-15-19(26)24-25(20(15)27)14-5-2-1-3-6-14/h1-11H,(H,24,26)/b15-10+. The number of nitrogens with one attached hydrogen (secondary N) is 1. The normalized spacial score (nSPS) is 14.9. The van der Waals surface area contributed by atoms with Crippen molar-refractivity contribution in [2.75, 3.05) is 5.01 Å². The highest BCUT2D eigenvalue weighted by molar-refractivity contribution is 9.11. The van der Waals surface area contributed by atoms with E-state index in [1.807, 2.05) is 0 Å². The van der Waals surface area contributed by atoms with Gasteiger partial charge in [0.1, 0.15) is 5.57 Å². The Labute approximate surface area is 187 Å². The maximum Gasteiger partial charge on any atom is 0.379 e. The van der Waals surface area contributed by atoms with Crippen molar-refractivity contribution in [1.29, 1.82) is 0 Å². The molecule has 1 saturated heterocycles. The third-order valence-electron chi connectivity index (χ3n) is 4.16. The molecule has 1 fully saturated rings. The van der Waals surface area contributed by atoms with E-state index in [-0.39, 0.29) is 17.1 Å². The van der Waals surface area contributed by atoms with Crippen LogP contribution in [0, 0.1) is 0 Å². The molecule has 1 aliphatic rings. The number of benzene rings is 2. The van der Waals surface area contributed by atoms with Gasteiger partial charge in [-0.25, -0.2) is 9.80 Å². The number of esters is 1. The van der Waals surface area contributed by atoms with Crippen LogP contribution in [0.25, 0.3) is 6.08 Å². The number of anilines is 1. The number of para-hydroxylation sites is 1. The van der Waals surface area contributed by atoms with E-state index in [1.165, 1.54) is 18.4 Å². The second kappa shape index (κ2) is 8.29. The Balaban J connectivity index is 1.71. The van der Waals surface area contributed by atoms with Crippen LogP contribution in [0.15, 0.2) is 79.8 Å². The second-order valence-electron chi connectivity index (χ2n) is 6.15. The molecular weight excluding hydrogens is 520 g/mol. The lowest BCUT2D eigenvalue weighted by molar-refractivity contribution is -0.117. The van der Waals surface area contributed by atoms with E-state index < -0.39 is 17.8 Å². The molecule has 0 bridgehead atoms. The Morgan fingerprint density at radius 3 is 2.53 bits per heavy atom. The molecule has 1 N–H and O–H groups in total. The number of amides is 2. The minimum absolute atomic E-state index is 0.0216. The molecule has 1 aliphatic heterocycles. The smallest absolute Gasteiger partial charge is 0.379 e. The van der Waals surface area contributed by atoms with Gasteiger partial charge in [0.2, 0.25) is 5.76 Å². The van der Waals surface area contributed by atoms with E-state index >= 15 is 0 Å². The summed E-state index contributed by atoms with van der Waals surface area (Å²) in [6.45, 7) is 0. The molecule has 9 heteroatoms. The van der Waals surface area contributed by atoms with Gasteiger partial charge in [-0.3, -0.25) is 15.0 Å².